The highest BCUT2D eigenvalue weighted by Gasteiger charge is 2.41. The molecule has 28 heavy (non-hydrogen) atoms. The smallest absolute Gasteiger partial charge is 0.329 e. The van der Waals surface area contributed by atoms with Crippen molar-refractivity contribution >= 4 is 23.5 Å². The number of nitrogens with one attached hydrogen (secondary N) is 1. The number of carbonyl (C=O) groups is 3. The molecule has 2 heterocycles. The number of rotatable bonds is 4. The number of nitrogens with zero attached hydrogens (tertiary/aromatic N) is 2. The molecule has 2 aliphatic heterocycles. The van der Waals surface area contributed by atoms with E-state index in [0.717, 1.165) is 12.1 Å². The zero-order valence-corrected chi connectivity index (χ0v) is 15.9. The summed E-state index contributed by atoms with van der Waals surface area (Å²) in [5, 5.41) is 2.46. The molecule has 0 spiro atoms. The Morgan fingerprint density at radius 2 is 2.04 bits per heavy atom. The summed E-state index contributed by atoms with van der Waals surface area (Å²) in [7, 11) is 0. The van der Waals surface area contributed by atoms with Crippen LogP contribution in [0.3, 0.4) is 0 Å². The molecular formula is C19H24F2N4O3. The molecule has 0 saturated carbocycles. The van der Waals surface area contributed by atoms with E-state index < -0.39 is 29.6 Å². The summed E-state index contributed by atoms with van der Waals surface area (Å²) in [6, 6.07) is 0.911. The third-order valence-corrected chi connectivity index (χ3v) is 5.48. The minimum atomic E-state index is -1.01. The van der Waals surface area contributed by atoms with Gasteiger partial charge in [-0.05, 0) is 30.4 Å². The van der Waals surface area contributed by atoms with Crippen LogP contribution in [-0.4, -0.2) is 47.9 Å². The maximum absolute atomic E-state index is 14.0. The Morgan fingerprint density at radius 3 is 2.68 bits per heavy atom. The Morgan fingerprint density at radius 1 is 1.32 bits per heavy atom. The average molecular weight is 394 g/mol. The molecule has 9 heteroatoms. The summed E-state index contributed by atoms with van der Waals surface area (Å²) in [5.74, 6) is -2.59. The van der Waals surface area contributed by atoms with Gasteiger partial charge >= 0.3 is 6.03 Å². The summed E-state index contributed by atoms with van der Waals surface area (Å²) in [6.45, 7) is 5.10. The number of hydrogen-bond acceptors (Lipinski definition) is 4. The molecule has 1 aromatic rings. The van der Waals surface area contributed by atoms with Crippen molar-refractivity contribution in [3.05, 3.63) is 29.8 Å². The molecule has 1 aromatic carbocycles. The Labute approximate surface area is 161 Å². The first-order valence-corrected chi connectivity index (χ1v) is 9.23. The Hall–Kier alpha value is -2.55. The zero-order valence-electron chi connectivity index (χ0n) is 15.9. The Bertz CT molecular complexity index is 814. The predicted octanol–water partition coefficient (Wildman–Crippen LogP) is 1.76. The van der Waals surface area contributed by atoms with Crippen LogP contribution in [0, 0.1) is 17.0 Å². The normalized spacial score (nSPS) is 24.5. The molecule has 2 atom stereocenters. The van der Waals surface area contributed by atoms with Gasteiger partial charge in [-0.1, -0.05) is 13.8 Å². The molecule has 152 valence electrons. The van der Waals surface area contributed by atoms with Gasteiger partial charge < -0.3 is 16.0 Å². The van der Waals surface area contributed by atoms with Crippen molar-refractivity contribution in [3.8, 4) is 0 Å². The van der Waals surface area contributed by atoms with Crippen LogP contribution in [0.1, 0.15) is 33.1 Å². The lowest BCUT2D eigenvalue weighted by molar-refractivity contribution is -0.134. The van der Waals surface area contributed by atoms with Gasteiger partial charge in [0.1, 0.15) is 17.7 Å². The summed E-state index contributed by atoms with van der Waals surface area (Å²) in [4.78, 5) is 39.6. The van der Waals surface area contributed by atoms with Gasteiger partial charge in [0.2, 0.25) is 5.91 Å². The maximum atomic E-state index is 14.0. The molecule has 0 radical (unpaired) electrons. The van der Waals surface area contributed by atoms with E-state index in [1.165, 1.54) is 0 Å². The fraction of sp³-hybridized carbons (Fsp3) is 0.526. The molecule has 2 aliphatic rings. The monoisotopic (exact) mass is 394 g/mol. The molecular weight excluding hydrogens is 370 g/mol. The quantitative estimate of drug-likeness (QED) is 0.761. The van der Waals surface area contributed by atoms with E-state index in [9.17, 15) is 23.2 Å². The van der Waals surface area contributed by atoms with Gasteiger partial charge in [-0.3, -0.25) is 9.59 Å². The second kappa shape index (κ2) is 7.46. The fourth-order valence-electron chi connectivity index (χ4n) is 3.63. The lowest BCUT2D eigenvalue weighted by Crippen LogP contribution is -2.54. The molecule has 0 aliphatic carbocycles. The molecule has 3 rings (SSSR count). The summed E-state index contributed by atoms with van der Waals surface area (Å²) < 4.78 is 27.0. The highest BCUT2D eigenvalue weighted by atomic mass is 19.1. The van der Waals surface area contributed by atoms with Gasteiger partial charge in [0.25, 0.3) is 5.91 Å². The maximum Gasteiger partial charge on any atom is 0.329 e. The van der Waals surface area contributed by atoms with Gasteiger partial charge in [0.05, 0.1) is 5.69 Å². The predicted molar refractivity (Wildman–Crippen MR) is 98.4 cm³/mol. The number of urea groups is 1. The first-order chi connectivity index (χ1) is 13.1. The number of anilines is 1. The lowest BCUT2D eigenvalue weighted by Gasteiger charge is -2.42. The van der Waals surface area contributed by atoms with Crippen molar-refractivity contribution in [2.75, 3.05) is 18.0 Å². The summed E-state index contributed by atoms with van der Waals surface area (Å²) >= 11 is 0. The Balaban J connectivity index is 1.62. The SMILES string of the molecule is CC1(C)CN(C(=O)CCC2NC(=O)N(c3ccc(F)cc3F)C2=O)CCC1N. The molecule has 2 unspecified atom stereocenters. The highest BCUT2D eigenvalue weighted by Crippen LogP contribution is 2.29. The second-order valence-corrected chi connectivity index (χ2v) is 8.01. The van der Waals surface area contributed by atoms with Crippen molar-refractivity contribution in [3.63, 3.8) is 0 Å². The third-order valence-electron chi connectivity index (χ3n) is 5.48. The van der Waals surface area contributed by atoms with Gasteiger partial charge in [-0.25, -0.2) is 18.5 Å². The number of piperidine rings is 1. The molecule has 2 saturated heterocycles. The number of halogens is 2. The van der Waals surface area contributed by atoms with E-state index in [4.69, 9.17) is 5.73 Å². The molecule has 3 N–H and O–H groups in total. The van der Waals surface area contributed by atoms with E-state index >= 15 is 0 Å². The molecule has 0 bridgehead atoms. The van der Waals surface area contributed by atoms with Crippen LogP contribution in [0.15, 0.2) is 18.2 Å². The highest BCUT2D eigenvalue weighted by molar-refractivity contribution is 6.21. The van der Waals surface area contributed by atoms with Crippen LogP contribution in [0.4, 0.5) is 19.3 Å². The zero-order chi connectivity index (χ0) is 20.6. The van der Waals surface area contributed by atoms with Gasteiger partial charge in [-0.2, -0.15) is 0 Å². The van der Waals surface area contributed by atoms with Gasteiger partial charge in [0.15, 0.2) is 0 Å². The molecule has 7 nitrogen and oxygen atoms in total. The van der Waals surface area contributed by atoms with E-state index in [-0.39, 0.29) is 35.9 Å². The van der Waals surface area contributed by atoms with Crippen LogP contribution in [0.5, 0.6) is 0 Å². The number of amides is 4. The second-order valence-electron chi connectivity index (χ2n) is 8.01. The van der Waals surface area contributed by atoms with Crippen LogP contribution >= 0.6 is 0 Å². The Kier molecular flexibility index (Phi) is 5.38. The number of imide groups is 1. The summed E-state index contributed by atoms with van der Waals surface area (Å²) in [6.07, 6.45) is 0.878. The molecule has 2 fully saturated rings. The molecule has 0 aromatic heterocycles. The van der Waals surface area contributed by atoms with Crippen molar-refractivity contribution < 1.29 is 23.2 Å². The van der Waals surface area contributed by atoms with Crippen LogP contribution in [0.25, 0.3) is 0 Å². The largest absolute Gasteiger partial charge is 0.342 e. The van der Waals surface area contributed by atoms with Gasteiger partial charge in [0, 0.05) is 31.6 Å². The first-order valence-electron chi connectivity index (χ1n) is 9.23. The standard InChI is InChI=1S/C19H24F2N4O3/c1-19(2)10-24(8-7-15(19)22)16(26)6-4-13-17(27)25(18(28)23-13)14-5-3-11(20)9-12(14)21/h3,5,9,13,15H,4,6-8,10,22H2,1-2H3,(H,23,28). The van der Waals surface area contributed by atoms with E-state index in [1.54, 1.807) is 4.90 Å². The van der Waals surface area contributed by atoms with E-state index in [1.807, 2.05) is 13.8 Å². The van der Waals surface area contributed by atoms with Crippen molar-refractivity contribution in [2.24, 2.45) is 11.1 Å². The fourth-order valence-corrected chi connectivity index (χ4v) is 3.63. The summed E-state index contributed by atoms with van der Waals surface area (Å²) in [5.41, 5.74) is 5.58. The van der Waals surface area contributed by atoms with E-state index in [2.05, 4.69) is 5.32 Å². The minimum absolute atomic E-state index is 0.0198. The number of likely N-dealkylation sites (tertiary alicyclic amines) is 1. The van der Waals surface area contributed by atoms with Gasteiger partial charge in [-0.15, -0.1) is 0 Å². The number of nitrogens with two attached hydrogens (primary N) is 1. The number of hydrogen-bond donors (Lipinski definition) is 2. The van der Waals surface area contributed by atoms with Crippen LogP contribution in [-0.2, 0) is 9.59 Å². The van der Waals surface area contributed by atoms with Crippen molar-refractivity contribution in [1.29, 1.82) is 0 Å². The minimum Gasteiger partial charge on any atom is -0.342 e. The lowest BCUT2D eigenvalue weighted by atomic mass is 9.79. The van der Waals surface area contributed by atoms with Crippen LogP contribution < -0.4 is 16.0 Å². The number of benzene rings is 1. The van der Waals surface area contributed by atoms with Crippen LogP contribution in [0.2, 0.25) is 0 Å². The van der Waals surface area contributed by atoms with Crippen molar-refractivity contribution in [1.82, 2.24) is 10.2 Å². The first kappa shape index (κ1) is 20.2. The number of carbonyl (C=O) groups excluding carboxylic acids is 3. The van der Waals surface area contributed by atoms with E-state index in [0.29, 0.717) is 30.5 Å². The third kappa shape index (κ3) is 3.84. The average Bonchev–Trinajstić information content (AvgIpc) is 2.89. The molecule has 4 amide bonds. The topological polar surface area (TPSA) is 95.7 Å². The van der Waals surface area contributed by atoms with Crippen molar-refractivity contribution in [2.45, 2.75) is 45.2 Å².